The summed E-state index contributed by atoms with van der Waals surface area (Å²) in [6, 6.07) is 13.6. The van der Waals surface area contributed by atoms with Crippen LogP contribution in [0.3, 0.4) is 0 Å². The van der Waals surface area contributed by atoms with Gasteiger partial charge in [-0.15, -0.1) is 0 Å². The third-order valence-corrected chi connectivity index (χ3v) is 3.91. The highest BCUT2D eigenvalue weighted by Gasteiger charge is 2.38. The second-order valence-electron chi connectivity index (χ2n) is 5.53. The molecule has 3 heterocycles. The lowest BCUT2D eigenvalue weighted by molar-refractivity contribution is -0.192. The van der Waals surface area contributed by atoms with Gasteiger partial charge in [0.05, 0.1) is 11.4 Å². The van der Waals surface area contributed by atoms with Crippen LogP contribution in [0.1, 0.15) is 0 Å². The number of carboxylic acids is 1. The maximum atomic E-state index is 10.6. The SMILES string of the molecule is Clc1ccc(-c2ccn(-c3ccnc4[nH]ccc34)n2)cc1.O=C(O)C(F)(F)F. The minimum atomic E-state index is -5.08. The molecule has 4 aromatic rings. The molecule has 0 saturated heterocycles. The van der Waals surface area contributed by atoms with Crippen molar-refractivity contribution in [2.45, 2.75) is 6.18 Å². The molecule has 0 amide bonds. The minimum absolute atomic E-state index is 0.723. The number of aromatic amines is 1. The van der Waals surface area contributed by atoms with Gasteiger partial charge in [0.25, 0.3) is 0 Å². The Kier molecular flexibility index (Phi) is 5.36. The first-order chi connectivity index (χ1) is 13.3. The van der Waals surface area contributed by atoms with Crippen LogP contribution < -0.4 is 0 Å². The molecular weight excluding hydrogens is 397 g/mol. The summed E-state index contributed by atoms with van der Waals surface area (Å²) in [5, 5.41) is 13.5. The van der Waals surface area contributed by atoms with Crippen molar-refractivity contribution in [3.05, 3.63) is 66.1 Å². The van der Waals surface area contributed by atoms with Crippen LogP contribution in [-0.2, 0) is 4.79 Å². The van der Waals surface area contributed by atoms with E-state index in [4.69, 9.17) is 21.5 Å². The van der Waals surface area contributed by atoms with E-state index in [0.29, 0.717) is 0 Å². The number of H-pyrrole nitrogens is 1. The summed E-state index contributed by atoms with van der Waals surface area (Å²) in [6.07, 6.45) is 0.522. The van der Waals surface area contributed by atoms with Crippen LogP contribution in [0, 0.1) is 0 Å². The highest BCUT2D eigenvalue weighted by atomic mass is 35.5. The topological polar surface area (TPSA) is 83.8 Å². The lowest BCUT2D eigenvalue weighted by atomic mass is 10.2. The minimum Gasteiger partial charge on any atom is -0.475 e. The van der Waals surface area contributed by atoms with Crippen LogP contribution in [0.4, 0.5) is 13.2 Å². The molecule has 144 valence electrons. The molecule has 0 bridgehead atoms. The van der Waals surface area contributed by atoms with Crippen molar-refractivity contribution in [3.8, 4) is 16.9 Å². The number of fused-ring (bicyclic) bond motifs is 1. The molecule has 0 unspecified atom stereocenters. The van der Waals surface area contributed by atoms with Crippen LogP contribution in [0.2, 0.25) is 5.02 Å². The Bertz CT molecular complexity index is 1100. The van der Waals surface area contributed by atoms with Gasteiger partial charge >= 0.3 is 12.1 Å². The average Bonchev–Trinajstić information content (AvgIpc) is 3.31. The van der Waals surface area contributed by atoms with E-state index in [1.54, 1.807) is 6.20 Å². The van der Waals surface area contributed by atoms with Gasteiger partial charge in [0.15, 0.2) is 0 Å². The number of carboxylic acid groups (broad SMARTS) is 1. The summed E-state index contributed by atoms with van der Waals surface area (Å²) >= 11 is 5.92. The van der Waals surface area contributed by atoms with Crippen molar-refractivity contribution in [2.75, 3.05) is 0 Å². The van der Waals surface area contributed by atoms with Crippen molar-refractivity contribution >= 4 is 28.6 Å². The number of carbonyl (C=O) groups is 1. The fraction of sp³-hybridized carbons (Fsp3) is 0.0556. The molecule has 3 aromatic heterocycles. The summed E-state index contributed by atoms with van der Waals surface area (Å²) < 4.78 is 33.6. The number of alkyl halides is 3. The molecule has 0 spiro atoms. The zero-order valence-electron chi connectivity index (χ0n) is 14.0. The van der Waals surface area contributed by atoms with E-state index < -0.39 is 12.1 Å². The summed E-state index contributed by atoms with van der Waals surface area (Å²) in [5.74, 6) is -2.76. The molecule has 0 saturated carbocycles. The fourth-order valence-corrected chi connectivity index (χ4v) is 2.50. The average molecular weight is 409 g/mol. The van der Waals surface area contributed by atoms with Gasteiger partial charge in [0, 0.05) is 34.6 Å². The first-order valence-electron chi connectivity index (χ1n) is 7.80. The van der Waals surface area contributed by atoms with Crippen LogP contribution >= 0.6 is 11.6 Å². The zero-order chi connectivity index (χ0) is 20.3. The molecule has 1 aromatic carbocycles. The second-order valence-corrected chi connectivity index (χ2v) is 5.96. The Balaban J connectivity index is 0.000000279. The summed E-state index contributed by atoms with van der Waals surface area (Å²) in [6.45, 7) is 0. The van der Waals surface area contributed by atoms with E-state index in [1.807, 2.05) is 59.5 Å². The maximum Gasteiger partial charge on any atom is 0.490 e. The van der Waals surface area contributed by atoms with Crippen molar-refractivity contribution in [1.29, 1.82) is 0 Å². The summed E-state index contributed by atoms with van der Waals surface area (Å²) in [5.41, 5.74) is 3.81. The fourth-order valence-electron chi connectivity index (χ4n) is 2.38. The first-order valence-corrected chi connectivity index (χ1v) is 8.17. The molecule has 10 heteroatoms. The summed E-state index contributed by atoms with van der Waals surface area (Å²) in [4.78, 5) is 16.3. The van der Waals surface area contributed by atoms with Gasteiger partial charge in [-0.25, -0.2) is 14.5 Å². The number of nitrogens with one attached hydrogen (secondary N) is 1. The van der Waals surface area contributed by atoms with Gasteiger partial charge in [0.1, 0.15) is 5.65 Å². The zero-order valence-corrected chi connectivity index (χ0v) is 14.7. The van der Waals surface area contributed by atoms with Crippen molar-refractivity contribution in [2.24, 2.45) is 0 Å². The van der Waals surface area contributed by atoms with E-state index in [-0.39, 0.29) is 0 Å². The largest absolute Gasteiger partial charge is 0.490 e. The number of hydrogen-bond donors (Lipinski definition) is 2. The quantitative estimate of drug-likeness (QED) is 0.503. The number of hydrogen-bond acceptors (Lipinski definition) is 3. The van der Waals surface area contributed by atoms with Crippen LogP contribution in [-0.4, -0.2) is 37.0 Å². The van der Waals surface area contributed by atoms with E-state index >= 15 is 0 Å². The molecule has 0 fully saturated rings. The van der Waals surface area contributed by atoms with E-state index in [1.165, 1.54) is 0 Å². The highest BCUT2D eigenvalue weighted by molar-refractivity contribution is 6.30. The van der Waals surface area contributed by atoms with Crippen LogP contribution in [0.15, 0.2) is 61.1 Å². The van der Waals surface area contributed by atoms with Gasteiger partial charge in [-0.05, 0) is 30.3 Å². The number of aromatic nitrogens is 4. The molecule has 0 aliphatic heterocycles. The first kappa shape index (κ1) is 19.4. The number of aliphatic carboxylic acids is 1. The Morgan fingerprint density at radius 3 is 2.43 bits per heavy atom. The van der Waals surface area contributed by atoms with E-state index in [9.17, 15) is 13.2 Å². The summed E-state index contributed by atoms with van der Waals surface area (Å²) in [7, 11) is 0. The normalized spacial score (nSPS) is 11.1. The van der Waals surface area contributed by atoms with E-state index in [2.05, 4.69) is 15.1 Å². The monoisotopic (exact) mass is 408 g/mol. The van der Waals surface area contributed by atoms with Gasteiger partial charge in [-0.2, -0.15) is 18.3 Å². The van der Waals surface area contributed by atoms with Gasteiger partial charge in [-0.3, -0.25) is 0 Å². The standard InChI is InChI=1S/C16H11ClN4.C2HF3O2/c17-12-3-1-11(2-4-12)14-7-10-21(20-14)15-6-9-19-16-13(15)5-8-18-16;3-2(4,5)1(6)7/h1-10H,(H,18,19);(H,6,7). The third-order valence-electron chi connectivity index (χ3n) is 3.66. The van der Waals surface area contributed by atoms with E-state index in [0.717, 1.165) is 33.0 Å². The van der Waals surface area contributed by atoms with Gasteiger partial charge in [0.2, 0.25) is 0 Å². The Morgan fingerprint density at radius 1 is 1.11 bits per heavy atom. The second kappa shape index (κ2) is 7.73. The Hall–Kier alpha value is -3.33. The predicted octanol–water partition coefficient (Wildman–Crippen LogP) is 4.70. The number of pyridine rings is 1. The Morgan fingerprint density at radius 2 is 1.79 bits per heavy atom. The highest BCUT2D eigenvalue weighted by Crippen LogP contribution is 2.23. The molecule has 6 nitrogen and oxygen atoms in total. The molecule has 28 heavy (non-hydrogen) atoms. The van der Waals surface area contributed by atoms with Crippen molar-refractivity contribution in [1.82, 2.24) is 19.7 Å². The molecule has 0 aliphatic carbocycles. The molecule has 0 aliphatic rings. The number of nitrogens with zero attached hydrogens (tertiary/aromatic N) is 3. The van der Waals surface area contributed by atoms with Crippen LogP contribution in [0.5, 0.6) is 0 Å². The smallest absolute Gasteiger partial charge is 0.475 e. The molecule has 4 rings (SSSR count). The lowest BCUT2D eigenvalue weighted by Crippen LogP contribution is -2.21. The van der Waals surface area contributed by atoms with Gasteiger partial charge in [-0.1, -0.05) is 23.7 Å². The predicted molar refractivity (Wildman–Crippen MR) is 97.4 cm³/mol. The molecule has 0 atom stereocenters. The van der Waals surface area contributed by atoms with Crippen LogP contribution in [0.25, 0.3) is 28.0 Å². The Labute approximate surface area is 161 Å². The third kappa shape index (κ3) is 4.32. The van der Waals surface area contributed by atoms with Gasteiger partial charge < -0.3 is 10.1 Å². The molecular formula is C18H12ClF3N4O2. The number of halogens is 4. The lowest BCUT2D eigenvalue weighted by Gasteiger charge is -2.03. The maximum absolute atomic E-state index is 10.6. The number of rotatable bonds is 2. The van der Waals surface area contributed by atoms with Crippen molar-refractivity contribution < 1.29 is 23.1 Å². The van der Waals surface area contributed by atoms with Crippen molar-refractivity contribution in [3.63, 3.8) is 0 Å². The molecule has 2 N–H and O–H groups in total. The molecule has 0 radical (unpaired) electrons. The number of benzene rings is 1.